The summed E-state index contributed by atoms with van der Waals surface area (Å²) >= 11 is 6.45. The van der Waals surface area contributed by atoms with Crippen molar-refractivity contribution in [1.29, 1.82) is 0 Å². The zero-order valence-corrected chi connectivity index (χ0v) is 16.4. The lowest BCUT2D eigenvalue weighted by atomic mass is 9.74. The molecule has 2 aliphatic rings. The van der Waals surface area contributed by atoms with Crippen LogP contribution in [0.1, 0.15) is 31.7 Å². The number of urea groups is 1. The third-order valence-corrected chi connectivity index (χ3v) is 6.10. The highest BCUT2D eigenvalue weighted by Crippen LogP contribution is 2.38. The van der Waals surface area contributed by atoms with Gasteiger partial charge >= 0.3 is 12.0 Å². The van der Waals surface area contributed by atoms with E-state index in [1.54, 1.807) is 4.90 Å². The van der Waals surface area contributed by atoms with Crippen molar-refractivity contribution in [3.05, 3.63) is 34.9 Å². The second-order valence-electron chi connectivity index (χ2n) is 7.81. The normalized spacial score (nSPS) is 25.0. The zero-order valence-electron chi connectivity index (χ0n) is 15.6. The molecule has 0 saturated carbocycles. The van der Waals surface area contributed by atoms with Gasteiger partial charge in [0, 0.05) is 43.3 Å². The Balaban J connectivity index is 1.71. The SMILES string of the molecule is CC1CC(C(=O)O)CN(C(=O)NCC2(c3ccccc3Cl)CCOCC2)C1. The summed E-state index contributed by atoms with van der Waals surface area (Å²) in [5.74, 6) is -1.16. The van der Waals surface area contributed by atoms with Gasteiger partial charge in [-0.15, -0.1) is 0 Å². The first kappa shape index (κ1) is 20.0. The van der Waals surface area contributed by atoms with Gasteiger partial charge in [0.25, 0.3) is 0 Å². The Morgan fingerprint density at radius 2 is 2.00 bits per heavy atom. The maximum atomic E-state index is 12.8. The number of aliphatic carboxylic acids is 1. The summed E-state index contributed by atoms with van der Waals surface area (Å²) in [7, 11) is 0. The highest BCUT2D eigenvalue weighted by molar-refractivity contribution is 6.31. The molecule has 2 aliphatic heterocycles. The summed E-state index contributed by atoms with van der Waals surface area (Å²) in [6, 6.07) is 7.55. The van der Waals surface area contributed by atoms with Gasteiger partial charge in [-0.3, -0.25) is 4.79 Å². The van der Waals surface area contributed by atoms with Gasteiger partial charge in [-0.1, -0.05) is 36.7 Å². The number of piperidine rings is 1. The summed E-state index contributed by atoms with van der Waals surface area (Å²) in [6.45, 7) is 4.54. The third kappa shape index (κ3) is 4.55. The summed E-state index contributed by atoms with van der Waals surface area (Å²) in [4.78, 5) is 25.8. The summed E-state index contributed by atoms with van der Waals surface area (Å²) in [6.07, 6.45) is 2.18. The predicted molar refractivity (Wildman–Crippen MR) is 103 cm³/mol. The fourth-order valence-corrected chi connectivity index (χ4v) is 4.58. The van der Waals surface area contributed by atoms with E-state index in [1.165, 1.54) is 0 Å². The highest BCUT2D eigenvalue weighted by Gasteiger charge is 2.38. The maximum absolute atomic E-state index is 12.8. The van der Waals surface area contributed by atoms with Crippen LogP contribution in [0.3, 0.4) is 0 Å². The molecule has 1 aromatic rings. The van der Waals surface area contributed by atoms with E-state index in [9.17, 15) is 14.7 Å². The van der Waals surface area contributed by atoms with E-state index < -0.39 is 11.9 Å². The molecule has 6 nitrogen and oxygen atoms in total. The molecule has 2 atom stereocenters. The monoisotopic (exact) mass is 394 g/mol. The number of nitrogens with one attached hydrogen (secondary N) is 1. The zero-order chi connectivity index (χ0) is 19.4. The van der Waals surface area contributed by atoms with Crippen molar-refractivity contribution in [3.8, 4) is 0 Å². The number of carboxylic acid groups (broad SMARTS) is 1. The van der Waals surface area contributed by atoms with Crippen LogP contribution in [0.5, 0.6) is 0 Å². The van der Waals surface area contributed by atoms with Crippen LogP contribution in [0, 0.1) is 11.8 Å². The molecule has 148 valence electrons. The van der Waals surface area contributed by atoms with Gasteiger partial charge in [0.15, 0.2) is 0 Å². The predicted octanol–water partition coefficient (Wildman–Crippen LogP) is 3.14. The van der Waals surface area contributed by atoms with E-state index in [-0.39, 0.29) is 23.9 Å². The lowest BCUT2D eigenvalue weighted by Crippen LogP contribution is -2.52. The molecule has 2 fully saturated rings. The van der Waals surface area contributed by atoms with Crippen molar-refractivity contribution < 1.29 is 19.4 Å². The Labute approximate surface area is 164 Å². The Kier molecular flexibility index (Phi) is 6.27. The average molecular weight is 395 g/mol. The fraction of sp³-hybridized carbons (Fsp3) is 0.600. The van der Waals surface area contributed by atoms with E-state index in [0.29, 0.717) is 37.7 Å². The number of likely N-dealkylation sites (tertiary alicyclic amines) is 1. The van der Waals surface area contributed by atoms with Crippen LogP contribution < -0.4 is 5.32 Å². The number of carbonyl (C=O) groups is 2. The molecule has 1 aromatic carbocycles. The van der Waals surface area contributed by atoms with Gasteiger partial charge in [0.05, 0.1) is 5.92 Å². The van der Waals surface area contributed by atoms with Gasteiger partial charge in [-0.25, -0.2) is 4.79 Å². The average Bonchev–Trinajstić information content (AvgIpc) is 2.66. The first-order valence-electron chi connectivity index (χ1n) is 9.49. The van der Waals surface area contributed by atoms with Gasteiger partial charge in [-0.05, 0) is 36.8 Å². The molecule has 2 amide bonds. The third-order valence-electron chi connectivity index (χ3n) is 5.77. The quantitative estimate of drug-likeness (QED) is 0.822. The van der Waals surface area contributed by atoms with E-state index >= 15 is 0 Å². The van der Waals surface area contributed by atoms with Crippen LogP contribution in [-0.2, 0) is 14.9 Å². The van der Waals surface area contributed by atoms with Crippen LogP contribution in [0.4, 0.5) is 4.79 Å². The van der Waals surface area contributed by atoms with Crippen molar-refractivity contribution >= 4 is 23.6 Å². The van der Waals surface area contributed by atoms with Crippen molar-refractivity contribution in [2.75, 3.05) is 32.8 Å². The molecular weight excluding hydrogens is 368 g/mol. The number of nitrogens with zero attached hydrogens (tertiary/aromatic N) is 1. The van der Waals surface area contributed by atoms with Crippen LogP contribution in [0.2, 0.25) is 5.02 Å². The number of amides is 2. The van der Waals surface area contributed by atoms with Gasteiger partial charge in [-0.2, -0.15) is 0 Å². The first-order valence-corrected chi connectivity index (χ1v) is 9.87. The molecule has 0 bridgehead atoms. The molecular formula is C20H27ClN2O4. The number of carboxylic acids is 1. The minimum Gasteiger partial charge on any atom is -0.481 e. The van der Waals surface area contributed by atoms with E-state index in [4.69, 9.17) is 16.3 Å². The molecule has 0 radical (unpaired) electrons. The minimum absolute atomic E-state index is 0.172. The molecule has 2 heterocycles. The standard InChI is InChI=1S/C20H27ClN2O4/c1-14-10-15(18(24)25)12-23(11-14)19(26)22-13-20(6-8-27-9-7-20)16-4-2-3-5-17(16)21/h2-5,14-15H,6-13H2,1H3,(H,22,26)(H,24,25). The molecule has 2 saturated heterocycles. The number of hydrogen-bond donors (Lipinski definition) is 2. The number of rotatable bonds is 4. The van der Waals surface area contributed by atoms with Crippen molar-refractivity contribution in [2.45, 2.75) is 31.6 Å². The second kappa shape index (κ2) is 8.48. The number of benzene rings is 1. The van der Waals surface area contributed by atoms with Crippen molar-refractivity contribution in [1.82, 2.24) is 10.2 Å². The topological polar surface area (TPSA) is 78.9 Å². The van der Waals surface area contributed by atoms with Crippen LogP contribution in [0.15, 0.2) is 24.3 Å². The van der Waals surface area contributed by atoms with E-state index in [1.807, 2.05) is 31.2 Å². The van der Waals surface area contributed by atoms with E-state index in [0.717, 1.165) is 18.4 Å². The summed E-state index contributed by atoms with van der Waals surface area (Å²) in [5.41, 5.74) is 0.769. The molecule has 2 N–H and O–H groups in total. The minimum atomic E-state index is -0.837. The molecule has 0 aromatic heterocycles. The lowest BCUT2D eigenvalue weighted by molar-refractivity contribution is -0.143. The smallest absolute Gasteiger partial charge is 0.317 e. The van der Waals surface area contributed by atoms with Crippen LogP contribution >= 0.6 is 11.6 Å². The molecule has 2 unspecified atom stereocenters. The van der Waals surface area contributed by atoms with Crippen LogP contribution in [-0.4, -0.2) is 54.9 Å². The first-order chi connectivity index (χ1) is 12.9. The molecule has 3 rings (SSSR count). The summed E-state index contributed by atoms with van der Waals surface area (Å²) < 4.78 is 5.53. The molecule has 0 aliphatic carbocycles. The fourth-order valence-electron chi connectivity index (χ4n) is 4.25. The number of halogens is 1. The van der Waals surface area contributed by atoms with Crippen molar-refractivity contribution in [3.63, 3.8) is 0 Å². The molecule has 27 heavy (non-hydrogen) atoms. The number of ether oxygens (including phenoxy) is 1. The van der Waals surface area contributed by atoms with Gasteiger partial charge in [0.2, 0.25) is 0 Å². The Morgan fingerprint density at radius 3 is 2.67 bits per heavy atom. The maximum Gasteiger partial charge on any atom is 0.317 e. The second-order valence-corrected chi connectivity index (χ2v) is 8.22. The molecule has 0 spiro atoms. The lowest BCUT2D eigenvalue weighted by Gasteiger charge is -2.40. The van der Waals surface area contributed by atoms with Gasteiger partial charge in [0.1, 0.15) is 0 Å². The Bertz CT molecular complexity index is 690. The molecule has 7 heteroatoms. The Hall–Kier alpha value is -1.79. The Morgan fingerprint density at radius 1 is 1.30 bits per heavy atom. The number of carbonyl (C=O) groups excluding carboxylic acids is 1. The number of hydrogen-bond acceptors (Lipinski definition) is 3. The summed E-state index contributed by atoms with van der Waals surface area (Å²) in [5, 5.41) is 13.1. The van der Waals surface area contributed by atoms with Crippen molar-refractivity contribution in [2.24, 2.45) is 11.8 Å². The van der Waals surface area contributed by atoms with Gasteiger partial charge < -0.3 is 20.1 Å². The van der Waals surface area contributed by atoms with E-state index in [2.05, 4.69) is 5.32 Å². The largest absolute Gasteiger partial charge is 0.481 e. The van der Waals surface area contributed by atoms with Crippen LogP contribution in [0.25, 0.3) is 0 Å². The highest BCUT2D eigenvalue weighted by atomic mass is 35.5.